The van der Waals surface area contributed by atoms with Crippen LogP contribution in [0.5, 0.6) is 0 Å². The molecule has 0 aliphatic carbocycles. The van der Waals surface area contributed by atoms with Gasteiger partial charge >= 0.3 is 0 Å². The Hall–Kier alpha value is -2.73. The molecule has 61 nitrogen and oxygen atoms in total. The second kappa shape index (κ2) is 48.6. The predicted octanol–water partition coefficient (Wildman–Crippen LogP) is -27.3. The predicted molar refractivity (Wildman–Crippen MR) is 396 cm³/mol. The van der Waals surface area contributed by atoms with E-state index in [0.717, 1.165) is 0 Å². The summed E-state index contributed by atoms with van der Waals surface area (Å²) in [7, 11) is 0. The SMILES string of the molecule is O=C[C@H](O)[C@@H](O)[C@H](O[C@H]1O[C@H](CO)[C@@H](O[C@H]2O[C@H](CO)[C@@H](O[C@H]3O[C@H](CO)[C@@H](O[C@H]4O[C@H](CO)[C@@H](O[C@H]5O[C@H](CO)[C@@H](O[C@H]6O[C@H](CO)[C@@H](O[C@H]7O[C@H](CO)[C@@H](O[C@H]8O[C@H](CO)[C@@H](O[C@H]9O[C@H](CO)[C@@H](O[C@H]%10O[C@H](CO)[C@@H](O[C@H]%11O[C@H](CO)[C@@H](O)[C@H](O)[C@H]%11O)[C@H](O)[C@H]%10O)[C@H](O)[C@H]9O)[C@H](O)[C@H]8O)[C@H](O)[C@H]7O)[C@H](O)[C@H]6O)[C@H](O)[C@H]5O)[C@H](O)[C@H]4O)[C@H](O)[C@H]3O)[C@H](O)[C@H]2O)[C@H](O)[C@H]1O)[C@H](O)CO. The molecule has 11 heterocycles. The van der Waals surface area contributed by atoms with Crippen molar-refractivity contribution in [3.63, 3.8) is 0 Å². The fourth-order valence-corrected chi connectivity index (χ4v) is 17.0. The lowest BCUT2D eigenvalue weighted by molar-refractivity contribution is -0.401. The van der Waals surface area contributed by atoms with Gasteiger partial charge in [0, 0.05) is 0 Å². The Kier molecular flexibility index (Phi) is 40.4. The smallest absolute Gasteiger partial charge is 0.187 e. The molecule has 0 amide bonds. The number of aliphatic hydroxyl groups excluding tert-OH is 38. The second-order valence-corrected chi connectivity index (χ2v) is 33.2. The number of hydrogen-bond donors (Lipinski definition) is 38. The van der Waals surface area contributed by atoms with Gasteiger partial charge in [-0.25, -0.2) is 0 Å². The number of aliphatic hydroxyl groups is 38. The summed E-state index contributed by atoms with van der Waals surface area (Å²) in [6.45, 7) is -13.4. The van der Waals surface area contributed by atoms with Crippen molar-refractivity contribution in [2.45, 2.75) is 362 Å². The van der Waals surface area contributed by atoms with E-state index in [-0.39, 0.29) is 6.29 Å². The Morgan fingerprint density at radius 3 is 0.489 bits per heavy atom. The summed E-state index contributed by atoms with van der Waals surface area (Å²) in [4.78, 5) is 11.2. The minimum absolute atomic E-state index is 0.156. The Balaban J connectivity index is 0.645. The molecular formula is C72H122O61. The summed E-state index contributed by atoms with van der Waals surface area (Å²) < 4.78 is 124. The van der Waals surface area contributed by atoms with Crippen molar-refractivity contribution in [2.75, 3.05) is 79.3 Å². The molecule has 38 N–H and O–H groups in total. The minimum atomic E-state index is -2.37. The molecule has 776 valence electrons. The van der Waals surface area contributed by atoms with Crippen LogP contribution in [0, 0.1) is 0 Å². The molecular weight excluding hydrogens is 1840 g/mol. The topological polar surface area (TPSA) is 989 Å². The first-order valence-corrected chi connectivity index (χ1v) is 42.0. The summed E-state index contributed by atoms with van der Waals surface area (Å²) in [6.07, 6.45) is -124. The summed E-state index contributed by atoms with van der Waals surface area (Å²) in [6, 6.07) is 0. The van der Waals surface area contributed by atoms with Gasteiger partial charge in [-0.3, -0.25) is 0 Å². The maximum atomic E-state index is 11.6. The highest BCUT2D eigenvalue weighted by atomic mass is 16.8. The fraction of sp³-hybridized carbons (Fsp3) is 0.986. The Morgan fingerprint density at radius 2 is 0.338 bits per heavy atom. The average molecular weight is 1960 g/mol. The summed E-state index contributed by atoms with van der Waals surface area (Å²) in [5.41, 5.74) is 0. The fourth-order valence-electron chi connectivity index (χ4n) is 17.0. The van der Waals surface area contributed by atoms with E-state index < -0.39 is 441 Å². The van der Waals surface area contributed by atoms with E-state index in [1.165, 1.54) is 0 Å². The van der Waals surface area contributed by atoms with Crippen molar-refractivity contribution < 1.29 is 303 Å². The molecule has 0 aromatic carbocycles. The van der Waals surface area contributed by atoms with Gasteiger partial charge in [-0.05, 0) is 0 Å². The largest absolute Gasteiger partial charge is 0.394 e. The van der Waals surface area contributed by atoms with Crippen LogP contribution >= 0.6 is 0 Å². The molecule has 0 spiro atoms. The molecule has 0 aromatic heterocycles. The van der Waals surface area contributed by atoms with Crippen LogP contribution in [0.2, 0.25) is 0 Å². The van der Waals surface area contributed by atoms with Crippen LogP contribution in [0.3, 0.4) is 0 Å². The van der Waals surface area contributed by atoms with Crippen molar-refractivity contribution in [3.8, 4) is 0 Å². The third kappa shape index (κ3) is 23.4. The van der Waals surface area contributed by atoms with E-state index in [2.05, 4.69) is 0 Å². The van der Waals surface area contributed by atoms with Crippen molar-refractivity contribution in [3.05, 3.63) is 0 Å². The van der Waals surface area contributed by atoms with Gasteiger partial charge in [0.05, 0.1) is 79.3 Å². The lowest BCUT2D eigenvalue weighted by Gasteiger charge is -2.50. The third-order valence-electron chi connectivity index (χ3n) is 24.7. The zero-order chi connectivity index (χ0) is 97.8. The highest BCUT2D eigenvalue weighted by Crippen LogP contribution is 2.42. The molecule has 0 saturated carbocycles. The van der Waals surface area contributed by atoms with Crippen LogP contribution < -0.4 is 0 Å². The first-order valence-electron chi connectivity index (χ1n) is 42.0. The van der Waals surface area contributed by atoms with Crippen LogP contribution in [-0.2, 0) is 109 Å². The quantitative estimate of drug-likeness (QED) is 0.0255. The zero-order valence-electron chi connectivity index (χ0n) is 69.5. The molecule has 61 heteroatoms. The van der Waals surface area contributed by atoms with E-state index in [0.29, 0.717) is 0 Å². The second-order valence-electron chi connectivity index (χ2n) is 33.2. The third-order valence-corrected chi connectivity index (χ3v) is 24.7. The van der Waals surface area contributed by atoms with Crippen molar-refractivity contribution in [1.29, 1.82) is 0 Å². The molecule has 11 aliphatic rings. The van der Waals surface area contributed by atoms with Crippen molar-refractivity contribution in [1.82, 2.24) is 0 Å². The maximum Gasteiger partial charge on any atom is 0.187 e. The van der Waals surface area contributed by atoms with Crippen LogP contribution in [0.25, 0.3) is 0 Å². The summed E-state index contributed by atoms with van der Waals surface area (Å²) in [5, 5.41) is 413. The first kappa shape index (κ1) is 111. The van der Waals surface area contributed by atoms with Crippen LogP contribution in [0.15, 0.2) is 0 Å². The molecule has 0 aromatic rings. The van der Waals surface area contributed by atoms with E-state index in [1.54, 1.807) is 0 Å². The van der Waals surface area contributed by atoms with E-state index in [4.69, 9.17) is 104 Å². The standard InChI is InChI=1S/C72H122O61/c73-1-14(86)27(88)51(15(87)2-74)123-63-41(102)30(91)53(17(4-76)113-63)125-65-43(104)32(93)55(19(6-78)115-65)127-67-45(106)34(95)57(21(8-80)117-67)129-69-47(108)36(97)59(23(10-82)119-69)131-71-49(110)38(99)61(25(12-84)121-71)133-72-50(111)39(100)60(26(13-85)122-72)132-70-48(109)37(98)58(24(11-83)120-70)130-68-46(107)35(96)56(22(9-81)118-68)128-66-44(105)33(94)54(20(7-79)116-66)126-64-42(103)31(92)52(18(5-77)114-64)124-62-40(101)29(90)28(89)16(3-75)112-62/h1,14-72,74-111H,2-13H2/t14-,15+,16+,17+,18+,19+,20+,21+,22+,23+,24+,25+,26+,27+,28+,29-,30+,31+,32+,33+,34+,35+,36+,37+,38+,39+,40+,41+,42+,43+,44+,45+,46+,47+,48+,49+,50+,51+,52+,53+,54+,55+,56+,57+,58+,59+,60+,61+,62+,63+,64+,65+,66+,67+,68+,69+,70+,71+,72+/m0/s1. The number of aldehydes is 1. The maximum absolute atomic E-state index is 11.6. The lowest BCUT2D eigenvalue weighted by atomic mass is 9.95. The van der Waals surface area contributed by atoms with Gasteiger partial charge in [-0.1, -0.05) is 0 Å². The zero-order valence-corrected chi connectivity index (χ0v) is 69.5. The molecule has 11 rings (SSSR count). The monoisotopic (exact) mass is 1960 g/mol. The van der Waals surface area contributed by atoms with Gasteiger partial charge in [0.15, 0.2) is 75.5 Å². The van der Waals surface area contributed by atoms with Gasteiger partial charge in [-0.15, -0.1) is 0 Å². The van der Waals surface area contributed by atoms with Gasteiger partial charge in [0.25, 0.3) is 0 Å². The van der Waals surface area contributed by atoms with Gasteiger partial charge in [-0.2, -0.15) is 0 Å². The molecule has 0 unspecified atom stereocenters. The van der Waals surface area contributed by atoms with Gasteiger partial charge < -0.3 is 303 Å². The summed E-state index contributed by atoms with van der Waals surface area (Å²) in [5.74, 6) is 0. The molecule has 0 radical (unpaired) electrons. The van der Waals surface area contributed by atoms with E-state index in [9.17, 15) is 199 Å². The Morgan fingerprint density at radius 1 is 0.195 bits per heavy atom. The number of carbonyl (C=O) groups excluding carboxylic acids is 1. The van der Waals surface area contributed by atoms with E-state index in [1.807, 2.05) is 0 Å². The van der Waals surface area contributed by atoms with Crippen molar-refractivity contribution >= 4 is 6.29 Å². The van der Waals surface area contributed by atoms with Gasteiger partial charge in [0.1, 0.15) is 293 Å². The lowest BCUT2D eigenvalue weighted by Crippen LogP contribution is -2.68. The molecule has 11 saturated heterocycles. The number of carbonyl (C=O) groups is 1. The molecule has 11 fully saturated rings. The Bertz CT molecular complexity index is 3360. The highest BCUT2D eigenvalue weighted by molar-refractivity contribution is 5.56. The number of ether oxygens (including phenoxy) is 22. The molecule has 59 atom stereocenters. The molecule has 133 heavy (non-hydrogen) atoms. The average Bonchev–Trinajstić information content (AvgIpc) is 0.771. The van der Waals surface area contributed by atoms with Gasteiger partial charge in [0.2, 0.25) is 0 Å². The molecule has 0 bridgehead atoms. The van der Waals surface area contributed by atoms with Crippen LogP contribution in [0.4, 0.5) is 0 Å². The normalized spacial score (nSPS) is 51.3. The molecule has 11 aliphatic heterocycles. The highest BCUT2D eigenvalue weighted by Gasteiger charge is 2.63. The van der Waals surface area contributed by atoms with E-state index >= 15 is 0 Å². The number of rotatable bonds is 38. The number of hydrogen-bond acceptors (Lipinski definition) is 61. The van der Waals surface area contributed by atoms with Crippen molar-refractivity contribution in [2.24, 2.45) is 0 Å². The van der Waals surface area contributed by atoms with Crippen LogP contribution in [-0.4, -0.2) is 642 Å². The Labute approximate surface area is 748 Å². The summed E-state index contributed by atoms with van der Waals surface area (Å²) >= 11 is 0. The minimum Gasteiger partial charge on any atom is -0.394 e. The first-order chi connectivity index (χ1) is 63.1. The van der Waals surface area contributed by atoms with Crippen LogP contribution in [0.1, 0.15) is 0 Å².